The fourth-order valence-electron chi connectivity index (χ4n) is 2.24. The van der Waals surface area contributed by atoms with Crippen LogP contribution in [0, 0.1) is 0 Å². The fraction of sp³-hybridized carbons (Fsp3) is 0.263. The smallest absolute Gasteiger partial charge is 0.255 e. The molecule has 6 nitrogen and oxygen atoms in total. The van der Waals surface area contributed by atoms with Gasteiger partial charge in [-0.1, -0.05) is 11.6 Å². The number of halogens is 1. The topological polar surface area (TPSA) is 70.7 Å². The predicted molar refractivity (Wildman–Crippen MR) is 103 cm³/mol. The van der Waals surface area contributed by atoms with Gasteiger partial charge in [-0.2, -0.15) is 0 Å². The molecule has 0 fully saturated rings. The molecule has 0 saturated carbocycles. The van der Waals surface area contributed by atoms with Crippen molar-refractivity contribution in [3.8, 4) is 5.75 Å². The second-order valence-corrected chi connectivity index (χ2v) is 6.37. The number of methoxy groups -OCH3 is 1. The maximum absolute atomic E-state index is 12.4. The first-order chi connectivity index (χ1) is 12.4. The van der Waals surface area contributed by atoms with Gasteiger partial charge in [0.1, 0.15) is 5.75 Å². The largest absolute Gasteiger partial charge is 0.495 e. The summed E-state index contributed by atoms with van der Waals surface area (Å²) in [6.45, 7) is 1.32. The van der Waals surface area contributed by atoms with Crippen LogP contribution in [-0.4, -0.2) is 51.0 Å². The summed E-state index contributed by atoms with van der Waals surface area (Å²) in [4.78, 5) is 26.4. The van der Waals surface area contributed by atoms with Crippen LogP contribution in [-0.2, 0) is 0 Å². The van der Waals surface area contributed by atoms with Crippen molar-refractivity contribution in [2.24, 2.45) is 0 Å². The minimum absolute atomic E-state index is 0.171. The van der Waals surface area contributed by atoms with Crippen molar-refractivity contribution in [2.75, 3.05) is 39.6 Å². The van der Waals surface area contributed by atoms with Crippen molar-refractivity contribution in [2.45, 2.75) is 0 Å². The Balaban J connectivity index is 2.02. The molecule has 138 valence electrons. The lowest BCUT2D eigenvalue weighted by Gasteiger charge is -2.11. The summed E-state index contributed by atoms with van der Waals surface area (Å²) >= 11 is 5.97. The SMILES string of the molecule is COc1ccc(Cl)cc1NC(=O)c1ccc(C(=O)NCCN(C)C)cc1. The highest BCUT2D eigenvalue weighted by atomic mass is 35.5. The van der Waals surface area contributed by atoms with E-state index in [0.717, 1.165) is 6.54 Å². The number of benzene rings is 2. The van der Waals surface area contributed by atoms with Gasteiger partial charge < -0.3 is 20.3 Å². The monoisotopic (exact) mass is 375 g/mol. The number of hydrogen-bond acceptors (Lipinski definition) is 4. The van der Waals surface area contributed by atoms with E-state index in [1.165, 1.54) is 7.11 Å². The Morgan fingerprint density at radius 1 is 1.04 bits per heavy atom. The lowest BCUT2D eigenvalue weighted by molar-refractivity contribution is 0.0949. The van der Waals surface area contributed by atoms with Gasteiger partial charge in [-0.15, -0.1) is 0 Å². The summed E-state index contributed by atoms with van der Waals surface area (Å²) in [6, 6.07) is 11.4. The molecule has 0 saturated heterocycles. The molecule has 0 aliphatic rings. The zero-order valence-corrected chi connectivity index (χ0v) is 15.8. The van der Waals surface area contributed by atoms with E-state index in [1.807, 2.05) is 19.0 Å². The molecule has 7 heteroatoms. The fourth-order valence-corrected chi connectivity index (χ4v) is 2.41. The maximum Gasteiger partial charge on any atom is 0.255 e. The third kappa shape index (κ3) is 5.47. The summed E-state index contributed by atoms with van der Waals surface area (Å²) in [5.74, 6) is 0.0279. The normalized spacial score (nSPS) is 10.5. The van der Waals surface area contributed by atoms with Crippen LogP contribution in [0.1, 0.15) is 20.7 Å². The number of rotatable bonds is 7. The van der Waals surface area contributed by atoms with Gasteiger partial charge in [0.25, 0.3) is 11.8 Å². The van der Waals surface area contributed by atoms with Gasteiger partial charge in [0.05, 0.1) is 12.8 Å². The van der Waals surface area contributed by atoms with E-state index in [9.17, 15) is 9.59 Å². The van der Waals surface area contributed by atoms with Crippen molar-refractivity contribution in [3.63, 3.8) is 0 Å². The molecule has 2 rings (SSSR count). The molecule has 0 spiro atoms. The summed E-state index contributed by atoms with van der Waals surface area (Å²) in [5, 5.41) is 6.08. The molecule has 0 heterocycles. The zero-order valence-electron chi connectivity index (χ0n) is 15.0. The Morgan fingerprint density at radius 2 is 1.65 bits per heavy atom. The molecule has 0 aliphatic heterocycles. The number of carbonyl (C=O) groups is 2. The first-order valence-corrected chi connectivity index (χ1v) is 8.46. The number of amides is 2. The van der Waals surface area contributed by atoms with Crippen LogP contribution in [0.4, 0.5) is 5.69 Å². The predicted octanol–water partition coefficient (Wildman–Crippen LogP) is 2.89. The number of carbonyl (C=O) groups excluding carboxylic acids is 2. The first-order valence-electron chi connectivity index (χ1n) is 8.08. The number of nitrogens with zero attached hydrogens (tertiary/aromatic N) is 1. The third-order valence-electron chi connectivity index (χ3n) is 3.66. The Kier molecular flexibility index (Phi) is 7.00. The molecule has 2 amide bonds. The number of ether oxygens (including phenoxy) is 1. The number of hydrogen-bond donors (Lipinski definition) is 2. The number of nitrogens with one attached hydrogen (secondary N) is 2. The maximum atomic E-state index is 12.4. The average Bonchev–Trinajstić information content (AvgIpc) is 2.61. The molecular formula is C19H22ClN3O3. The van der Waals surface area contributed by atoms with Crippen molar-refractivity contribution in [3.05, 3.63) is 58.6 Å². The minimum atomic E-state index is -0.315. The minimum Gasteiger partial charge on any atom is -0.495 e. The summed E-state index contributed by atoms with van der Waals surface area (Å²) in [7, 11) is 5.39. The molecule has 2 N–H and O–H groups in total. The average molecular weight is 376 g/mol. The quantitative estimate of drug-likeness (QED) is 0.780. The Morgan fingerprint density at radius 3 is 2.23 bits per heavy atom. The molecule has 26 heavy (non-hydrogen) atoms. The van der Waals surface area contributed by atoms with E-state index in [2.05, 4.69) is 10.6 Å². The molecule has 2 aromatic rings. The van der Waals surface area contributed by atoms with Gasteiger partial charge in [-0.05, 0) is 56.6 Å². The van der Waals surface area contributed by atoms with Crippen molar-refractivity contribution in [1.82, 2.24) is 10.2 Å². The second kappa shape index (κ2) is 9.22. The van der Waals surface area contributed by atoms with E-state index in [0.29, 0.717) is 34.1 Å². The van der Waals surface area contributed by atoms with E-state index in [-0.39, 0.29) is 11.8 Å². The molecule has 0 bridgehead atoms. The molecular weight excluding hydrogens is 354 g/mol. The van der Waals surface area contributed by atoms with Gasteiger partial charge in [0, 0.05) is 29.2 Å². The Labute approximate surface area is 158 Å². The lowest BCUT2D eigenvalue weighted by Crippen LogP contribution is -2.31. The lowest BCUT2D eigenvalue weighted by atomic mass is 10.1. The van der Waals surface area contributed by atoms with Gasteiger partial charge in [-0.25, -0.2) is 0 Å². The highest BCUT2D eigenvalue weighted by Crippen LogP contribution is 2.28. The molecule has 0 aliphatic carbocycles. The highest BCUT2D eigenvalue weighted by Gasteiger charge is 2.12. The summed E-state index contributed by atoms with van der Waals surface area (Å²) in [5.41, 5.74) is 1.41. The van der Waals surface area contributed by atoms with Crippen LogP contribution in [0.25, 0.3) is 0 Å². The van der Waals surface area contributed by atoms with Crippen molar-refractivity contribution in [1.29, 1.82) is 0 Å². The van der Waals surface area contributed by atoms with Crippen LogP contribution in [0.5, 0.6) is 5.75 Å². The van der Waals surface area contributed by atoms with Gasteiger partial charge >= 0.3 is 0 Å². The molecule has 0 unspecified atom stereocenters. The van der Waals surface area contributed by atoms with Crippen LogP contribution < -0.4 is 15.4 Å². The molecule has 0 aromatic heterocycles. The Bertz CT molecular complexity index is 776. The van der Waals surface area contributed by atoms with Crippen LogP contribution in [0.3, 0.4) is 0 Å². The summed E-state index contributed by atoms with van der Waals surface area (Å²) in [6.07, 6.45) is 0. The van der Waals surface area contributed by atoms with E-state index >= 15 is 0 Å². The Hall–Kier alpha value is -2.57. The van der Waals surface area contributed by atoms with Crippen LogP contribution >= 0.6 is 11.6 Å². The zero-order chi connectivity index (χ0) is 19.1. The first kappa shape index (κ1) is 19.8. The number of likely N-dealkylation sites (N-methyl/N-ethyl adjacent to an activating group) is 1. The van der Waals surface area contributed by atoms with Crippen molar-refractivity contribution < 1.29 is 14.3 Å². The van der Waals surface area contributed by atoms with Crippen molar-refractivity contribution >= 4 is 29.1 Å². The molecule has 0 atom stereocenters. The highest BCUT2D eigenvalue weighted by molar-refractivity contribution is 6.31. The van der Waals surface area contributed by atoms with Crippen LogP contribution in [0.2, 0.25) is 5.02 Å². The number of anilines is 1. The second-order valence-electron chi connectivity index (χ2n) is 5.94. The summed E-state index contributed by atoms with van der Waals surface area (Å²) < 4.78 is 5.21. The van der Waals surface area contributed by atoms with E-state index < -0.39 is 0 Å². The van der Waals surface area contributed by atoms with Crippen LogP contribution in [0.15, 0.2) is 42.5 Å². The third-order valence-corrected chi connectivity index (χ3v) is 3.90. The van der Waals surface area contributed by atoms with Gasteiger partial charge in [0.15, 0.2) is 0 Å². The standard InChI is InChI=1S/C19H22ClN3O3/c1-23(2)11-10-21-18(24)13-4-6-14(7-5-13)19(25)22-16-12-15(20)8-9-17(16)26-3/h4-9,12H,10-11H2,1-3H3,(H,21,24)(H,22,25). The van der Waals surface area contributed by atoms with E-state index in [1.54, 1.807) is 42.5 Å². The van der Waals surface area contributed by atoms with Gasteiger partial charge in [-0.3, -0.25) is 9.59 Å². The van der Waals surface area contributed by atoms with E-state index in [4.69, 9.17) is 16.3 Å². The van der Waals surface area contributed by atoms with Gasteiger partial charge in [0.2, 0.25) is 0 Å². The molecule has 0 radical (unpaired) electrons. The molecule has 2 aromatic carbocycles.